The summed E-state index contributed by atoms with van der Waals surface area (Å²) in [5.41, 5.74) is 5.36. The molecule has 15 heavy (non-hydrogen) atoms. The first-order valence-corrected chi connectivity index (χ1v) is 4.63. The van der Waals surface area contributed by atoms with E-state index < -0.39 is 17.5 Å². The summed E-state index contributed by atoms with van der Waals surface area (Å²) in [6, 6.07) is 1.80. The molecule has 3 nitrogen and oxygen atoms in total. The number of hydrogen-bond donors (Lipinski definition) is 2. The van der Waals surface area contributed by atoms with Crippen molar-refractivity contribution in [3.05, 3.63) is 29.3 Å². The number of hydrogen-bond acceptors (Lipinski definition) is 2. The third kappa shape index (κ3) is 2.06. The summed E-state index contributed by atoms with van der Waals surface area (Å²) in [5.74, 6) is -2.56. The zero-order valence-corrected chi connectivity index (χ0v) is 7.89. The lowest BCUT2D eigenvalue weighted by atomic mass is 10.1. The van der Waals surface area contributed by atoms with Crippen LogP contribution in [0.5, 0.6) is 0 Å². The van der Waals surface area contributed by atoms with Crippen molar-refractivity contribution in [2.24, 2.45) is 0 Å². The predicted molar refractivity (Wildman–Crippen MR) is 51.3 cm³/mol. The highest BCUT2D eigenvalue weighted by molar-refractivity contribution is 5.99. The molecule has 0 radical (unpaired) electrons. The molecular formula is C10H10F2N2O. The minimum Gasteiger partial charge on any atom is -0.398 e. The number of nitrogen functional groups attached to an aromatic ring is 1. The summed E-state index contributed by atoms with van der Waals surface area (Å²) < 4.78 is 25.6. The van der Waals surface area contributed by atoms with Crippen molar-refractivity contribution >= 4 is 11.6 Å². The quantitative estimate of drug-likeness (QED) is 0.729. The van der Waals surface area contributed by atoms with Crippen LogP contribution >= 0.6 is 0 Å². The number of amides is 1. The third-order valence-corrected chi connectivity index (χ3v) is 2.25. The van der Waals surface area contributed by atoms with Gasteiger partial charge in [0.1, 0.15) is 0 Å². The van der Waals surface area contributed by atoms with E-state index in [1.807, 2.05) is 0 Å². The van der Waals surface area contributed by atoms with Crippen molar-refractivity contribution in [1.82, 2.24) is 5.32 Å². The summed E-state index contributed by atoms with van der Waals surface area (Å²) in [4.78, 5) is 11.5. The van der Waals surface area contributed by atoms with Crippen LogP contribution in [0.1, 0.15) is 23.2 Å². The maximum atomic E-state index is 12.9. The van der Waals surface area contributed by atoms with Gasteiger partial charge in [-0.05, 0) is 18.9 Å². The molecule has 0 atom stereocenters. The van der Waals surface area contributed by atoms with Crippen LogP contribution in [0.25, 0.3) is 0 Å². The average molecular weight is 212 g/mol. The summed E-state index contributed by atoms with van der Waals surface area (Å²) in [6.07, 6.45) is 1.85. The van der Waals surface area contributed by atoms with Gasteiger partial charge in [0.25, 0.3) is 5.91 Å². The lowest BCUT2D eigenvalue weighted by Crippen LogP contribution is -2.26. The van der Waals surface area contributed by atoms with Crippen LogP contribution in [0.3, 0.4) is 0 Å². The molecule has 0 bridgehead atoms. The molecule has 0 saturated heterocycles. The van der Waals surface area contributed by atoms with Crippen molar-refractivity contribution in [1.29, 1.82) is 0 Å². The number of benzene rings is 1. The molecule has 1 aliphatic rings. The first-order chi connectivity index (χ1) is 7.08. The SMILES string of the molecule is Nc1cc(F)c(F)cc1C(=O)NC1CC1. The molecule has 1 aromatic rings. The second-order valence-corrected chi connectivity index (χ2v) is 3.60. The standard InChI is InChI=1S/C10H10F2N2O/c11-7-3-6(9(13)4-8(7)12)10(15)14-5-1-2-5/h3-5H,1-2,13H2,(H,14,15). The van der Waals surface area contributed by atoms with Crippen molar-refractivity contribution in [2.75, 3.05) is 5.73 Å². The number of halogens is 2. The zero-order chi connectivity index (χ0) is 11.0. The highest BCUT2D eigenvalue weighted by Crippen LogP contribution is 2.21. The van der Waals surface area contributed by atoms with Crippen LogP contribution in [0, 0.1) is 11.6 Å². The Kier molecular flexibility index (Phi) is 2.30. The van der Waals surface area contributed by atoms with Crippen molar-refractivity contribution in [2.45, 2.75) is 18.9 Å². The maximum Gasteiger partial charge on any atom is 0.253 e. The second kappa shape index (κ2) is 3.49. The molecule has 0 aromatic heterocycles. The fraction of sp³-hybridized carbons (Fsp3) is 0.300. The van der Waals surface area contributed by atoms with E-state index >= 15 is 0 Å². The van der Waals surface area contributed by atoms with E-state index in [2.05, 4.69) is 5.32 Å². The highest BCUT2D eigenvalue weighted by Gasteiger charge is 2.25. The summed E-state index contributed by atoms with van der Waals surface area (Å²) in [6.45, 7) is 0. The number of nitrogens with two attached hydrogens (primary N) is 1. The van der Waals surface area contributed by atoms with Gasteiger partial charge in [-0.2, -0.15) is 0 Å². The Morgan fingerprint density at radius 1 is 1.33 bits per heavy atom. The van der Waals surface area contributed by atoms with E-state index in [1.54, 1.807) is 0 Å². The Morgan fingerprint density at radius 3 is 2.53 bits per heavy atom. The smallest absolute Gasteiger partial charge is 0.253 e. The van der Waals surface area contributed by atoms with Gasteiger partial charge in [0.2, 0.25) is 0 Å². The van der Waals surface area contributed by atoms with Crippen molar-refractivity contribution in [3.63, 3.8) is 0 Å². The van der Waals surface area contributed by atoms with Crippen LogP contribution in [0.4, 0.5) is 14.5 Å². The molecule has 0 spiro atoms. The monoisotopic (exact) mass is 212 g/mol. The molecular weight excluding hydrogens is 202 g/mol. The largest absolute Gasteiger partial charge is 0.398 e. The summed E-state index contributed by atoms with van der Waals surface area (Å²) in [5, 5.41) is 2.65. The number of carbonyl (C=O) groups excluding carboxylic acids is 1. The van der Waals surface area contributed by atoms with Gasteiger partial charge in [-0.1, -0.05) is 0 Å². The molecule has 1 aliphatic carbocycles. The fourth-order valence-electron chi connectivity index (χ4n) is 1.25. The Hall–Kier alpha value is -1.65. The van der Waals surface area contributed by atoms with E-state index in [0.717, 1.165) is 25.0 Å². The topological polar surface area (TPSA) is 55.1 Å². The number of anilines is 1. The molecule has 3 N–H and O–H groups in total. The molecule has 0 aliphatic heterocycles. The normalized spacial score (nSPS) is 15.1. The molecule has 1 aromatic carbocycles. The van der Waals surface area contributed by atoms with Crippen LogP contribution < -0.4 is 11.1 Å². The first kappa shape index (κ1) is 9.89. The lowest BCUT2D eigenvalue weighted by molar-refractivity contribution is 0.0951. The van der Waals surface area contributed by atoms with Crippen LogP contribution in [0.15, 0.2) is 12.1 Å². The minimum atomic E-state index is -1.06. The Labute approximate surface area is 85.3 Å². The van der Waals surface area contributed by atoms with Gasteiger partial charge in [0.15, 0.2) is 11.6 Å². The molecule has 1 saturated carbocycles. The molecule has 0 unspecified atom stereocenters. The van der Waals surface area contributed by atoms with E-state index in [1.165, 1.54) is 0 Å². The number of nitrogens with one attached hydrogen (secondary N) is 1. The number of carbonyl (C=O) groups is 1. The Morgan fingerprint density at radius 2 is 1.93 bits per heavy atom. The van der Waals surface area contributed by atoms with Gasteiger partial charge >= 0.3 is 0 Å². The average Bonchev–Trinajstić information content (AvgIpc) is 2.95. The fourth-order valence-corrected chi connectivity index (χ4v) is 1.25. The molecule has 80 valence electrons. The lowest BCUT2D eigenvalue weighted by Gasteiger charge is -2.06. The molecule has 5 heteroatoms. The van der Waals surface area contributed by atoms with E-state index in [4.69, 9.17) is 5.73 Å². The van der Waals surface area contributed by atoms with Crippen molar-refractivity contribution in [3.8, 4) is 0 Å². The molecule has 1 amide bonds. The van der Waals surface area contributed by atoms with E-state index in [0.29, 0.717) is 0 Å². The van der Waals surface area contributed by atoms with Gasteiger partial charge in [-0.25, -0.2) is 8.78 Å². The van der Waals surface area contributed by atoms with Crippen LogP contribution in [-0.4, -0.2) is 11.9 Å². The van der Waals surface area contributed by atoms with Gasteiger partial charge in [-0.15, -0.1) is 0 Å². The van der Waals surface area contributed by atoms with E-state index in [-0.39, 0.29) is 17.3 Å². The first-order valence-electron chi connectivity index (χ1n) is 4.63. The van der Waals surface area contributed by atoms with Crippen LogP contribution in [-0.2, 0) is 0 Å². The molecule has 0 heterocycles. The molecule has 1 fully saturated rings. The van der Waals surface area contributed by atoms with Crippen molar-refractivity contribution < 1.29 is 13.6 Å². The molecule has 2 rings (SSSR count). The van der Waals surface area contributed by atoms with Crippen LogP contribution in [0.2, 0.25) is 0 Å². The Bertz CT molecular complexity index is 416. The third-order valence-electron chi connectivity index (χ3n) is 2.25. The predicted octanol–water partition coefficient (Wildman–Crippen LogP) is 1.44. The summed E-state index contributed by atoms with van der Waals surface area (Å²) >= 11 is 0. The highest BCUT2D eigenvalue weighted by atomic mass is 19.2. The zero-order valence-electron chi connectivity index (χ0n) is 7.89. The summed E-state index contributed by atoms with van der Waals surface area (Å²) in [7, 11) is 0. The van der Waals surface area contributed by atoms with E-state index in [9.17, 15) is 13.6 Å². The minimum absolute atomic E-state index is 0.0131. The van der Waals surface area contributed by atoms with Gasteiger partial charge in [0, 0.05) is 17.8 Å². The van der Waals surface area contributed by atoms with Gasteiger partial charge in [-0.3, -0.25) is 4.79 Å². The maximum absolute atomic E-state index is 12.9. The van der Waals surface area contributed by atoms with Gasteiger partial charge < -0.3 is 11.1 Å². The number of rotatable bonds is 2. The van der Waals surface area contributed by atoms with Gasteiger partial charge in [0.05, 0.1) is 5.56 Å². The second-order valence-electron chi connectivity index (χ2n) is 3.60. The Balaban J connectivity index is 2.25.